The Morgan fingerprint density at radius 1 is 1.15 bits per heavy atom. The number of carbonyl (C=O) groups is 1. The minimum atomic E-state index is -0.344. The normalized spacial score (nSPS) is 10.9. The van der Waals surface area contributed by atoms with Gasteiger partial charge in [0.1, 0.15) is 17.1 Å². The Balaban J connectivity index is 1.70. The SMILES string of the molecule is COc1ccc(-n2nc(C)cc2NC(=O)c2c(N)nn3ccccc23)cc1. The molecule has 1 aromatic carbocycles. The highest BCUT2D eigenvalue weighted by molar-refractivity contribution is 6.12. The summed E-state index contributed by atoms with van der Waals surface area (Å²) >= 11 is 0. The number of carbonyl (C=O) groups excluding carboxylic acids is 1. The Morgan fingerprint density at radius 2 is 1.93 bits per heavy atom. The molecule has 0 atom stereocenters. The number of benzene rings is 1. The minimum Gasteiger partial charge on any atom is -0.497 e. The number of nitrogen functional groups attached to an aromatic ring is 1. The summed E-state index contributed by atoms with van der Waals surface area (Å²) in [6.07, 6.45) is 1.74. The topological polar surface area (TPSA) is 99.5 Å². The molecule has 0 fully saturated rings. The first-order valence-corrected chi connectivity index (χ1v) is 8.32. The monoisotopic (exact) mass is 362 g/mol. The van der Waals surface area contributed by atoms with Crippen LogP contribution in [0.5, 0.6) is 5.75 Å². The number of aromatic nitrogens is 4. The molecule has 8 heteroatoms. The Labute approximate surface area is 155 Å². The van der Waals surface area contributed by atoms with Crippen molar-refractivity contribution in [3.05, 3.63) is 66.0 Å². The van der Waals surface area contributed by atoms with Gasteiger partial charge in [0.05, 0.1) is 24.0 Å². The van der Waals surface area contributed by atoms with Crippen molar-refractivity contribution in [1.82, 2.24) is 19.4 Å². The third-order valence-electron chi connectivity index (χ3n) is 4.18. The molecule has 0 saturated carbocycles. The van der Waals surface area contributed by atoms with Gasteiger partial charge in [-0.3, -0.25) is 4.79 Å². The molecular weight excluding hydrogens is 344 g/mol. The maximum atomic E-state index is 12.9. The number of nitrogens with two attached hydrogens (primary N) is 1. The van der Waals surface area contributed by atoms with Crippen LogP contribution in [0.15, 0.2) is 54.7 Å². The molecule has 0 saturated heterocycles. The van der Waals surface area contributed by atoms with Crippen LogP contribution in [-0.4, -0.2) is 32.4 Å². The molecule has 3 aromatic heterocycles. The summed E-state index contributed by atoms with van der Waals surface area (Å²) in [4.78, 5) is 12.9. The summed E-state index contributed by atoms with van der Waals surface area (Å²) in [5.74, 6) is 1.11. The second kappa shape index (κ2) is 6.49. The molecule has 8 nitrogen and oxygen atoms in total. The molecule has 136 valence electrons. The van der Waals surface area contributed by atoms with E-state index in [0.29, 0.717) is 16.9 Å². The van der Waals surface area contributed by atoms with Gasteiger partial charge in [-0.1, -0.05) is 6.07 Å². The van der Waals surface area contributed by atoms with E-state index in [0.717, 1.165) is 17.1 Å². The number of nitrogens with zero attached hydrogens (tertiary/aromatic N) is 4. The maximum absolute atomic E-state index is 12.9. The molecule has 3 N–H and O–H groups in total. The second-order valence-corrected chi connectivity index (χ2v) is 6.03. The predicted molar refractivity (Wildman–Crippen MR) is 102 cm³/mol. The van der Waals surface area contributed by atoms with E-state index < -0.39 is 0 Å². The highest BCUT2D eigenvalue weighted by Crippen LogP contribution is 2.23. The van der Waals surface area contributed by atoms with Crippen LogP contribution >= 0.6 is 0 Å². The standard InChI is InChI=1S/C19H18N6O2/c1-12-11-16(25(22-12)13-6-8-14(27-2)9-7-13)21-19(26)17-15-5-3-4-10-24(15)23-18(17)20/h3-11H,1-2H3,(H2,20,23)(H,21,26). The van der Waals surface area contributed by atoms with Crippen LogP contribution in [0.2, 0.25) is 0 Å². The number of ether oxygens (including phenoxy) is 1. The van der Waals surface area contributed by atoms with Crippen molar-refractivity contribution in [2.45, 2.75) is 6.92 Å². The summed E-state index contributed by atoms with van der Waals surface area (Å²) in [5, 5.41) is 11.5. The smallest absolute Gasteiger partial charge is 0.262 e. The fourth-order valence-corrected chi connectivity index (χ4v) is 2.94. The van der Waals surface area contributed by atoms with E-state index in [1.807, 2.05) is 43.3 Å². The number of fused-ring (bicyclic) bond motifs is 1. The van der Waals surface area contributed by atoms with Gasteiger partial charge in [-0.05, 0) is 43.3 Å². The number of hydrogen-bond acceptors (Lipinski definition) is 5. The minimum absolute atomic E-state index is 0.172. The van der Waals surface area contributed by atoms with Crippen LogP contribution in [0.4, 0.5) is 11.6 Å². The third kappa shape index (κ3) is 2.97. The molecule has 0 unspecified atom stereocenters. The van der Waals surface area contributed by atoms with E-state index in [9.17, 15) is 4.79 Å². The lowest BCUT2D eigenvalue weighted by molar-refractivity contribution is 0.102. The van der Waals surface area contributed by atoms with Gasteiger partial charge in [-0.15, -0.1) is 5.10 Å². The van der Waals surface area contributed by atoms with Gasteiger partial charge in [0.15, 0.2) is 5.82 Å². The number of nitrogens with one attached hydrogen (secondary N) is 1. The zero-order valence-corrected chi connectivity index (χ0v) is 14.9. The number of hydrogen-bond donors (Lipinski definition) is 2. The fraction of sp³-hybridized carbons (Fsp3) is 0.105. The van der Waals surface area contributed by atoms with Crippen LogP contribution in [0, 0.1) is 6.92 Å². The first kappa shape index (κ1) is 16.6. The van der Waals surface area contributed by atoms with Crippen molar-refractivity contribution >= 4 is 23.1 Å². The van der Waals surface area contributed by atoms with Crippen molar-refractivity contribution in [2.75, 3.05) is 18.2 Å². The summed E-state index contributed by atoms with van der Waals surface area (Å²) in [5.41, 5.74) is 8.50. The van der Waals surface area contributed by atoms with E-state index >= 15 is 0 Å². The first-order chi connectivity index (χ1) is 13.1. The summed E-state index contributed by atoms with van der Waals surface area (Å²) < 4.78 is 8.43. The van der Waals surface area contributed by atoms with Crippen LogP contribution in [-0.2, 0) is 0 Å². The van der Waals surface area contributed by atoms with Crippen molar-refractivity contribution in [3.63, 3.8) is 0 Å². The van der Waals surface area contributed by atoms with E-state index in [1.54, 1.807) is 34.6 Å². The Bertz CT molecular complexity index is 1130. The molecule has 0 aliphatic rings. The average molecular weight is 362 g/mol. The lowest BCUT2D eigenvalue weighted by Crippen LogP contribution is -2.16. The van der Waals surface area contributed by atoms with Crippen LogP contribution in [0.1, 0.15) is 16.1 Å². The molecule has 3 heterocycles. The molecule has 27 heavy (non-hydrogen) atoms. The molecule has 0 spiro atoms. The average Bonchev–Trinajstić information content (AvgIpc) is 3.20. The van der Waals surface area contributed by atoms with Gasteiger partial charge in [0, 0.05) is 12.3 Å². The zero-order valence-electron chi connectivity index (χ0n) is 14.9. The van der Waals surface area contributed by atoms with Crippen LogP contribution in [0.25, 0.3) is 11.2 Å². The van der Waals surface area contributed by atoms with Gasteiger partial charge < -0.3 is 15.8 Å². The molecule has 0 aliphatic carbocycles. The highest BCUT2D eigenvalue weighted by atomic mass is 16.5. The quantitative estimate of drug-likeness (QED) is 0.581. The second-order valence-electron chi connectivity index (χ2n) is 6.03. The summed E-state index contributed by atoms with van der Waals surface area (Å²) in [6.45, 7) is 1.86. The highest BCUT2D eigenvalue weighted by Gasteiger charge is 2.20. The summed E-state index contributed by atoms with van der Waals surface area (Å²) in [6, 6.07) is 14.6. The maximum Gasteiger partial charge on any atom is 0.262 e. The molecule has 0 aliphatic heterocycles. The molecule has 4 rings (SSSR count). The number of rotatable bonds is 4. The van der Waals surface area contributed by atoms with Crippen LogP contribution < -0.4 is 15.8 Å². The first-order valence-electron chi connectivity index (χ1n) is 8.32. The van der Waals surface area contributed by atoms with Gasteiger partial charge in [0.25, 0.3) is 5.91 Å². The van der Waals surface area contributed by atoms with E-state index in [-0.39, 0.29) is 11.7 Å². The Hall–Kier alpha value is -3.81. The zero-order chi connectivity index (χ0) is 19.0. The molecule has 0 bridgehead atoms. The molecule has 4 aromatic rings. The Morgan fingerprint density at radius 3 is 2.67 bits per heavy atom. The number of aryl methyl sites for hydroxylation is 1. The van der Waals surface area contributed by atoms with Gasteiger partial charge in [0.2, 0.25) is 0 Å². The summed E-state index contributed by atoms with van der Waals surface area (Å²) in [7, 11) is 1.61. The van der Waals surface area contributed by atoms with Crippen molar-refractivity contribution in [3.8, 4) is 11.4 Å². The van der Waals surface area contributed by atoms with E-state index in [4.69, 9.17) is 10.5 Å². The number of pyridine rings is 1. The van der Waals surface area contributed by atoms with Crippen molar-refractivity contribution < 1.29 is 9.53 Å². The molecule has 1 amide bonds. The molecular formula is C19H18N6O2. The third-order valence-corrected chi connectivity index (χ3v) is 4.18. The predicted octanol–water partition coefficient (Wildman–Crippen LogP) is 2.67. The lowest BCUT2D eigenvalue weighted by Gasteiger charge is -2.09. The number of anilines is 2. The van der Waals surface area contributed by atoms with Crippen LogP contribution in [0.3, 0.4) is 0 Å². The fourth-order valence-electron chi connectivity index (χ4n) is 2.94. The largest absolute Gasteiger partial charge is 0.497 e. The van der Waals surface area contributed by atoms with Crippen molar-refractivity contribution in [1.29, 1.82) is 0 Å². The van der Waals surface area contributed by atoms with Crippen molar-refractivity contribution in [2.24, 2.45) is 0 Å². The van der Waals surface area contributed by atoms with E-state index in [1.165, 1.54) is 0 Å². The lowest BCUT2D eigenvalue weighted by atomic mass is 10.2. The van der Waals surface area contributed by atoms with Gasteiger partial charge in [-0.2, -0.15) is 5.10 Å². The van der Waals surface area contributed by atoms with E-state index in [2.05, 4.69) is 15.5 Å². The number of methoxy groups -OCH3 is 1. The van der Waals surface area contributed by atoms with Gasteiger partial charge >= 0.3 is 0 Å². The number of amides is 1. The molecule has 0 radical (unpaired) electrons. The Kier molecular flexibility index (Phi) is 4.00. The van der Waals surface area contributed by atoms with Gasteiger partial charge in [-0.25, -0.2) is 9.20 Å².